The lowest BCUT2D eigenvalue weighted by Gasteiger charge is -2.42. The molecule has 2 aliphatic heterocycles. The molecular formula is C32H34F3N3O3. The summed E-state index contributed by atoms with van der Waals surface area (Å²) in [6.45, 7) is 4.22. The molecule has 0 aliphatic carbocycles. The van der Waals surface area contributed by atoms with Gasteiger partial charge in [0, 0.05) is 43.8 Å². The highest BCUT2D eigenvalue weighted by atomic mass is 19.4. The van der Waals surface area contributed by atoms with Crippen molar-refractivity contribution in [3.8, 4) is 11.5 Å². The highest BCUT2D eigenvalue weighted by molar-refractivity contribution is 5.97. The van der Waals surface area contributed by atoms with Crippen molar-refractivity contribution in [3.63, 3.8) is 0 Å². The molecular weight excluding hydrogens is 531 g/mol. The van der Waals surface area contributed by atoms with Gasteiger partial charge in [-0.2, -0.15) is 13.2 Å². The van der Waals surface area contributed by atoms with E-state index in [2.05, 4.69) is 10.2 Å². The molecule has 0 saturated carbocycles. The van der Waals surface area contributed by atoms with E-state index in [0.29, 0.717) is 36.2 Å². The second-order valence-corrected chi connectivity index (χ2v) is 10.7. The lowest BCUT2D eigenvalue weighted by molar-refractivity contribution is -0.138. The number of nitrogens with zero attached hydrogens (tertiary/aromatic N) is 2. The van der Waals surface area contributed by atoms with Crippen molar-refractivity contribution in [3.05, 3.63) is 95.1 Å². The van der Waals surface area contributed by atoms with Gasteiger partial charge in [0.15, 0.2) is 0 Å². The standard InChI is InChI=1S/C32H34F3N3O3/c1-22-26(11-7-12-28(22)32(33,34)35)30(39)36-23-14-18-37(19-15-23)24-16-20-38(21-17-24)31(40)27-10-5-6-13-29(27)41-25-8-3-2-4-9-25/h2-13,23-24H,14-21H2,1H3,(H,36,39). The van der Waals surface area contributed by atoms with Gasteiger partial charge in [-0.15, -0.1) is 0 Å². The smallest absolute Gasteiger partial charge is 0.416 e. The highest BCUT2D eigenvalue weighted by Gasteiger charge is 2.34. The monoisotopic (exact) mass is 565 g/mol. The first-order valence-corrected chi connectivity index (χ1v) is 14.0. The normalized spacial score (nSPS) is 17.3. The third-order valence-corrected chi connectivity index (χ3v) is 8.11. The molecule has 2 heterocycles. The number of piperidine rings is 2. The minimum absolute atomic E-state index is 0.0405. The van der Waals surface area contributed by atoms with Gasteiger partial charge in [0.25, 0.3) is 11.8 Å². The van der Waals surface area contributed by atoms with Crippen molar-refractivity contribution in [2.24, 2.45) is 0 Å². The van der Waals surface area contributed by atoms with E-state index in [-0.39, 0.29) is 23.1 Å². The first kappa shape index (κ1) is 28.7. The fourth-order valence-electron chi connectivity index (χ4n) is 5.81. The van der Waals surface area contributed by atoms with E-state index in [4.69, 9.17) is 4.74 Å². The zero-order valence-electron chi connectivity index (χ0n) is 23.0. The van der Waals surface area contributed by atoms with Crippen LogP contribution in [0.5, 0.6) is 11.5 Å². The summed E-state index contributed by atoms with van der Waals surface area (Å²) in [5.41, 5.74) is -0.222. The molecule has 41 heavy (non-hydrogen) atoms. The van der Waals surface area contributed by atoms with Gasteiger partial charge in [-0.05, 0) is 74.6 Å². The summed E-state index contributed by atoms with van der Waals surface area (Å²) in [4.78, 5) is 30.5. The van der Waals surface area contributed by atoms with Gasteiger partial charge in [-0.25, -0.2) is 0 Å². The molecule has 1 N–H and O–H groups in total. The molecule has 0 aromatic heterocycles. The van der Waals surface area contributed by atoms with Crippen LogP contribution < -0.4 is 10.1 Å². The van der Waals surface area contributed by atoms with Crippen LogP contribution in [0.3, 0.4) is 0 Å². The molecule has 2 saturated heterocycles. The fourth-order valence-corrected chi connectivity index (χ4v) is 5.81. The summed E-state index contributed by atoms with van der Waals surface area (Å²) in [6.07, 6.45) is -1.33. The van der Waals surface area contributed by atoms with Crippen LogP contribution in [0.4, 0.5) is 13.2 Å². The van der Waals surface area contributed by atoms with Gasteiger partial charge < -0.3 is 19.9 Å². The van der Waals surface area contributed by atoms with Crippen molar-refractivity contribution >= 4 is 11.8 Å². The molecule has 3 aromatic carbocycles. The van der Waals surface area contributed by atoms with Crippen LogP contribution in [0, 0.1) is 6.92 Å². The Morgan fingerprint density at radius 1 is 0.805 bits per heavy atom. The van der Waals surface area contributed by atoms with Crippen LogP contribution in [-0.4, -0.2) is 59.9 Å². The molecule has 6 nitrogen and oxygen atoms in total. The molecule has 2 fully saturated rings. The fraction of sp³-hybridized carbons (Fsp3) is 0.375. The number of likely N-dealkylation sites (tertiary alicyclic amines) is 2. The third kappa shape index (κ3) is 6.73. The number of para-hydroxylation sites is 2. The largest absolute Gasteiger partial charge is 0.457 e. The summed E-state index contributed by atoms with van der Waals surface area (Å²) in [7, 11) is 0. The van der Waals surface area contributed by atoms with E-state index < -0.39 is 17.6 Å². The molecule has 0 radical (unpaired) electrons. The Hall–Kier alpha value is -3.85. The SMILES string of the molecule is Cc1c(C(=O)NC2CCN(C3CCN(C(=O)c4ccccc4Oc4ccccc4)CC3)CC2)cccc1C(F)(F)F. The van der Waals surface area contributed by atoms with Crippen LogP contribution in [0.2, 0.25) is 0 Å². The van der Waals surface area contributed by atoms with Gasteiger partial charge in [0.2, 0.25) is 0 Å². The number of carbonyl (C=O) groups is 2. The maximum absolute atomic E-state index is 13.4. The molecule has 0 atom stereocenters. The van der Waals surface area contributed by atoms with Crippen molar-refractivity contribution in [1.29, 1.82) is 0 Å². The highest BCUT2D eigenvalue weighted by Crippen LogP contribution is 2.33. The van der Waals surface area contributed by atoms with Gasteiger partial charge in [-0.1, -0.05) is 36.4 Å². The van der Waals surface area contributed by atoms with Crippen LogP contribution >= 0.6 is 0 Å². The summed E-state index contributed by atoms with van der Waals surface area (Å²) in [5.74, 6) is 0.711. The predicted octanol–water partition coefficient (Wildman–Crippen LogP) is 6.31. The van der Waals surface area contributed by atoms with Crippen molar-refractivity contribution in [2.75, 3.05) is 26.2 Å². The number of halogens is 3. The maximum Gasteiger partial charge on any atom is 0.416 e. The van der Waals surface area contributed by atoms with Gasteiger partial charge in [0.1, 0.15) is 11.5 Å². The number of amides is 2. The summed E-state index contributed by atoms with van der Waals surface area (Å²) >= 11 is 0. The molecule has 0 bridgehead atoms. The van der Waals surface area contributed by atoms with E-state index in [1.54, 1.807) is 6.07 Å². The lowest BCUT2D eigenvalue weighted by atomic mass is 9.96. The van der Waals surface area contributed by atoms with E-state index in [0.717, 1.165) is 44.8 Å². The van der Waals surface area contributed by atoms with Crippen molar-refractivity contribution < 1.29 is 27.5 Å². The van der Waals surface area contributed by atoms with E-state index in [1.807, 2.05) is 53.4 Å². The molecule has 216 valence electrons. The van der Waals surface area contributed by atoms with Crippen molar-refractivity contribution in [2.45, 2.75) is 50.9 Å². The summed E-state index contributed by atoms with van der Waals surface area (Å²) in [6, 6.07) is 20.7. The topological polar surface area (TPSA) is 61.9 Å². The van der Waals surface area contributed by atoms with Crippen molar-refractivity contribution in [1.82, 2.24) is 15.1 Å². The van der Waals surface area contributed by atoms with Gasteiger partial charge in [-0.3, -0.25) is 9.59 Å². The predicted molar refractivity (Wildman–Crippen MR) is 150 cm³/mol. The Morgan fingerprint density at radius 3 is 2.12 bits per heavy atom. The Balaban J connectivity index is 1.12. The number of carbonyl (C=O) groups excluding carboxylic acids is 2. The molecule has 2 amide bonds. The number of alkyl halides is 3. The van der Waals surface area contributed by atoms with E-state index in [1.165, 1.54) is 19.1 Å². The number of hydrogen-bond donors (Lipinski definition) is 1. The number of rotatable bonds is 6. The number of nitrogens with one attached hydrogen (secondary N) is 1. The zero-order valence-corrected chi connectivity index (χ0v) is 23.0. The quantitative estimate of drug-likeness (QED) is 0.381. The van der Waals surface area contributed by atoms with Gasteiger partial charge in [0.05, 0.1) is 11.1 Å². The first-order chi connectivity index (χ1) is 19.7. The Kier molecular flexibility index (Phi) is 8.63. The van der Waals surface area contributed by atoms with Crippen LogP contribution in [0.1, 0.15) is 57.5 Å². The van der Waals surface area contributed by atoms with Gasteiger partial charge >= 0.3 is 6.18 Å². The molecule has 9 heteroatoms. The second kappa shape index (κ2) is 12.3. The molecule has 0 spiro atoms. The Labute approximate surface area is 238 Å². The van der Waals surface area contributed by atoms with Crippen LogP contribution in [-0.2, 0) is 6.18 Å². The average Bonchev–Trinajstić information content (AvgIpc) is 2.97. The van der Waals surface area contributed by atoms with Crippen LogP contribution in [0.15, 0.2) is 72.8 Å². The summed E-state index contributed by atoms with van der Waals surface area (Å²) in [5, 5.41) is 2.94. The Morgan fingerprint density at radius 2 is 1.44 bits per heavy atom. The number of hydrogen-bond acceptors (Lipinski definition) is 4. The second-order valence-electron chi connectivity index (χ2n) is 10.7. The molecule has 0 unspecified atom stereocenters. The number of ether oxygens (including phenoxy) is 1. The average molecular weight is 566 g/mol. The third-order valence-electron chi connectivity index (χ3n) is 8.11. The maximum atomic E-state index is 13.4. The first-order valence-electron chi connectivity index (χ1n) is 14.0. The minimum Gasteiger partial charge on any atom is -0.457 e. The zero-order chi connectivity index (χ0) is 29.0. The summed E-state index contributed by atoms with van der Waals surface area (Å²) < 4.78 is 45.8. The molecule has 5 rings (SSSR count). The Bertz CT molecular complexity index is 1360. The lowest BCUT2D eigenvalue weighted by Crippen LogP contribution is -2.51. The van der Waals surface area contributed by atoms with E-state index >= 15 is 0 Å². The van der Waals surface area contributed by atoms with E-state index in [9.17, 15) is 22.8 Å². The minimum atomic E-state index is -4.49. The molecule has 3 aromatic rings. The van der Waals surface area contributed by atoms with Crippen LogP contribution in [0.25, 0.3) is 0 Å². The number of benzene rings is 3. The molecule has 2 aliphatic rings.